The van der Waals surface area contributed by atoms with E-state index in [-0.39, 0.29) is 0 Å². The summed E-state index contributed by atoms with van der Waals surface area (Å²) in [5.74, 6) is -3.75. The van der Waals surface area contributed by atoms with Crippen LogP contribution in [-0.4, -0.2) is 0 Å². The van der Waals surface area contributed by atoms with Crippen molar-refractivity contribution in [3.8, 4) is 10.4 Å². The average Bonchev–Trinajstić information content (AvgIpc) is 3.06. The Morgan fingerprint density at radius 3 is 2.12 bits per heavy atom. The highest BCUT2D eigenvalue weighted by atomic mass is 32.1. The van der Waals surface area contributed by atoms with Crippen molar-refractivity contribution in [1.29, 1.82) is 0 Å². The Kier molecular flexibility index (Phi) is 6.43. The number of benzene rings is 2. The molecular weight excluding hydrogens is 341 g/mol. The number of hydrogen-bond acceptors (Lipinski definition) is 1. The van der Waals surface area contributed by atoms with Crippen molar-refractivity contribution >= 4 is 11.3 Å². The fourth-order valence-corrected chi connectivity index (χ4v) is 3.52. The summed E-state index contributed by atoms with van der Waals surface area (Å²) in [6.07, 6.45) is 0.768. The van der Waals surface area contributed by atoms with Gasteiger partial charge in [0.05, 0.1) is 0 Å². The number of aryl methyl sites for hydroxylation is 2. The largest absolute Gasteiger partial charge is 0.204 e. The van der Waals surface area contributed by atoms with E-state index in [1.54, 1.807) is 0 Å². The van der Waals surface area contributed by atoms with E-state index >= 15 is 0 Å². The van der Waals surface area contributed by atoms with E-state index in [1.807, 2.05) is 32.9 Å². The molecule has 3 aromatic rings. The summed E-state index contributed by atoms with van der Waals surface area (Å²) in [5, 5.41) is 0. The molecule has 0 amide bonds. The van der Waals surface area contributed by atoms with Crippen molar-refractivity contribution in [2.45, 2.75) is 34.1 Å². The lowest BCUT2D eigenvalue weighted by molar-refractivity contribution is 0.448. The maximum Gasteiger partial charge on any atom is 0.194 e. The van der Waals surface area contributed by atoms with Gasteiger partial charge in [-0.25, -0.2) is 13.2 Å². The first-order valence-electron chi connectivity index (χ1n) is 8.24. The molecule has 0 unspecified atom stereocenters. The van der Waals surface area contributed by atoms with Gasteiger partial charge < -0.3 is 0 Å². The van der Waals surface area contributed by atoms with Crippen LogP contribution in [0.15, 0.2) is 42.5 Å². The molecule has 132 valence electrons. The van der Waals surface area contributed by atoms with E-state index in [9.17, 15) is 13.2 Å². The first-order valence-corrected chi connectivity index (χ1v) is 9.05. The smallest absolute Gasteiger partial charge is 0.194 e. The van der Waals surface area contributed by atoms with Crippen molar-refractivity contribution < 1.29 is 13.2 Å². The molecule has 0 spiro atoms. The summed E-state index contributed by atoms with van der Waals surface area (Å²) < 4.78 is 39.8. The van der Waals surface area contributed by atoms with E-state index in [2.05, 4.69) is 25.1 Å². The van der Waals surface area contributed by atoms with Gasteiger partial charge in [-0.2, -0.15) is 0 Å². The topological polar surface area (TPSA) is 0 Å². The zero-order chi connectivity index (χ0) is 18.6. The minimum absolute atomic E-state index is 0.360. The summed E-state index contributed by atoms with van der Waals surface area (Å²) in [7, 11) is 0. The summed E-state index contributed by atoms with van der Waals surface area (Å²) in [6, 6.07) is 12.1. The normalized spacial score (nSPS) is 10.4. The van der Waals surface area contributed by atoms with Gasteiger partial charge in [0.15, 0.2) is 17.5 Å². The Morgan fingerprint density at radius 1 is 0.840 bits per heavy atom. The second kappa shape index (κ2) is 8.34. The Morgan fingerprint density at radius 2 is 1.48 bits per heavy atom. The number of rotatable bonds is 3. The Hall–Kier alpha value is -2.07. The highest BCUT2D eigenvalue weighted by molar-refractivity contribution is 7.15. The molecule has 3 rings (SSSR count). The van der Waals surface area contributed by atoms with Crippen molar-refractivity contribution in [1.82, 2.24) is 0 Å². The van der Waals surface area contributed by atoms with Crippen molar-refractivity contribution in [2.24, 2.45) is 0 Å². The molecule has 2 aromatic carbocycles. The maximum atomic E-state index is 13.4. The molecule has 25 heavy (non-hydrogen) atoms. The molecule has 0 N–H and O–H groups in total. The van der Waals surface area contributed by atoms with Crippen LogP contribution >= 0.6 is 11.3 Å². The molecule has 1 aromatic heterocycles. The third-order valence-electron chi connectivity index (χ3n) is 3.80. The predicted octanol–water partition coefficient (Wildman–Crippen LogP) is 7.07. The molecule has 0 atom stereocenters. The monoisotopic (exact) mass is 362 g/mol. The van der Waals surface area contributed by atoms with Gasteiger partial charge in [-0.15, -0.1) is 11.3 Å². The zero-order valence-corrected chi connectivity index (χ0v) is 15.6. The summed E-state index contributed by atoms with van der Waals surface area (Å²) in [5.41, 5.74) is 4.00. The molecule has 0 aliphatic carbocycles. The third-order valence-corrected chi connectivity index (χ3v) is 4.93. The Labute approximate surface area is 151 Å². The highest BCUT2D eigenvalue weighted by Crippen LogP contribution is 2.31. The van der Waals surface area contributed by atoms with Crippen molar-refractivity contribution in [3.63, 3.8) is 0 Å². The van der Waals surface area contributed by atoms with Crippen LogP contribution in [0.25, 0.3) is 10.4 Å². The van der Waals surface area contributed by atoms with Crippen LogP contribution in [0.4, 0.5) is 13.2 Å². The van der Waals surface area contributed by atoms with E-state index < -0.39 is 17.5 Å². The summed E-state index contributed by atoms with van der Waals surface area (Å²) in [6.45, 7) is 8.11. The lowest BCUT2D eigenvalue weighted by atomic mass is 10.0. The minimum Gasteiger partial charge on any atom is -0.204 e. The molecule has 0 aliphatic rings. The first-order chi connectivity index (χ1) is 11.9. The maximum absolute atomic E-state index is 13.4. The lowest BCUT2D eigenvalue weighted by Gasteiger charge is -2.05. The molecule has 0 saturated heterocycles. The van der Waals surface area contributed by atoms with Crippen LogP contribution < -0.4 is 0 Å². The van der Waals surface area contributed by atoms with Gasteiger partial charge in [0.25, 0.3) is 0 Å². The second-order valence-electron chi connectivity index (χ2n) is 5.63. The highest BCUT2D eigenvalue weighted by Gasteiger charge is 2.13. The van der Waals surface area contributed by atoms with E-state index in [1.165, 1.54) is 28.0 Å². The van der Waals surface area contributed by atoms with Gasteiger partial charge in [-0.3, -0.25) is 0 Å². The third kappa shape index (κ3) is 4.51. The van der Waals surface area contributed by atoms with Crippen LogP contribution in [0.3, 0.4) is 0 Å². The molecule has 0 radical (unpaired) electrons. The summed E-state index contributed by atoms with van der Waals surface area (Å²) in [4.78, 5) is 1.82. The fourth-order valence-electron chi connectivity index (χ4n) is 2.50. The van der Waals surface area contributed by atoms with Gasteiger partial charge in [-0.05, 0) is 54.8 Å². The van der Waals surface area contributed by atoms with Crippen molar-refractivity contribution in [3.05, 3.63) is 81.5 Å². The average molecular weight is 362 g/mol. The van der Waals surface area contributed by atoms with Gasteiger partial charge in [-0.1, -0.05) is 37.6 Å². The quantitative estimate of drug-likeness (QED) is 0.437. The van der Waals surface area contributed by atoms with E-state index in [0.29, 0.717) is 5.56 Å². The van der Waals surface area contributed by atoms with Crippen LogP contribution in [0.2, 0.25) is 0 Å². The molecule has 0 bridgehead atoms. The standard InChI is InChI=1S/C19H15F3S.C2H6/c1-11-3-4-12(2)13(7-11)8-15-5-6-18(23-15)14-9-16(20)19(22)17(21)10-14;1-2/h3-7,9-10H,8H2,1-2H3;1-2H3. The van der Waals surface area contributed by atoms with E-state index in [0.717, 1.165) is 28.3 Å². The molecule has 0 saturated carbocycles. The van der Waals surface area contributed by atoms with Gasteiger partial charge in [0.1, 0.15) is 0 Å². The van der Waals surface area contributed by atoms with Gasteiger partial charge in [0, 0.05) is 16.2 Å². The van der Waals surface area contributed by atoms with Gasteiger partial charge >= 0.3 is 0 Å². The zero-order valence-electron chi connectivity index (χ0n) is 14.8. The van der Waals surface area contributed by atoms with E-state index in [4.69, 9.17) is 0 Å². The predicted molar refractivity (Wildman–Crippen MR) is 99.7 cm³/mol. The molecule has 0 nitrogen and oxygen atoms in total. The van der Waals surface area contributed by atoms with Crippen LogP contribution in [0, 0.1) is 31.3 Å². The molecule has 4 heteroatoms. The van der Waals surface area contributed by atoms with Gasteiger partial charge in [0.2, 0.25) is 0 Å². The Bertz CT molecular complexity index is 842. The summed E-state index contributed by atoms with van der Waals surface area (Å²) >= 11 is 1.46. The first kappa shape index (κ1) is 19.3. The number of thiophene rings is 1. The molecular formula is C21H21F3S. The lowest BCUT2D eigenvalue weighted by Crippen LogP contribution is -1.91. The molecule has 0 fully saturated rings. The minimum atomic E-state index is -1.43. The number of halogens is 3. The fraction of sp³-hybridized carbons (Fsp3) is 0.238. The Balaban J connectivity index is 0.00000109. The van der Waals surface area contributed by atoms with Crippen LogP contribution in [0.1, 0.15) is 35.4 Å². The van der Waals surface area contributed by atoms with Crippen molar-refractivity contribution in [2.75, 3.05) is 0 Å². The van der Waals surface area contributed by atoms with Crippen LogP contribution in [-0.2, 0) is 6.42 Å². The SMILES string of the molecule is CC.Cc1ccc(C)c(Cc2ccc(-c3cc(F)c(F)c(F)c3)s2)c1. The van der Waals surface area contributed by atoms with Crippen LogP contribution in [0.5, 0.6) is 0 Å². The second-order valence-corrected chi connectivity index (χ2v) is 6.79. The molecule has 1 heterocycles. The number of hydrogen-bond donors (Lipinski definition) is 0. The molecule has 0 aliphatic heterocycles.